The molecular formula is C10H22N4S2. The summed E-state index contributed by atoms with van der Waals surface area (Å²) in [5, 5.41) is 13.5. The van der Waals surface area contributed by atoms with Gasteiger partial charge < -0.3 is 21.3 Å². The summed E-state index contributed by atoms with van der Waals surface area (Å²) in [6, 6.07) is 0. The minimum atomic E-state index is 0.723. The Morgan fingerprint density at radius 3 is 1.44 bits per heavy atom. The zero-order valence-corrected chi connectivity index (χ0v) is 11.7. The molecule has 6 heteroatoms. The molecule has 16 heavy (non-hydrogen) atoms. The van der Waals surface area contributed by atoms with E-state index < -0.39 is 0 Å². The van der Waals surface area contributed by atoms with Gasteiger partial charge in [0, 0.05) is 27.2 Å². The van der Waals surface area contributed by atoms with Gasteiger partial charge in [-0.2, -0.15) is 0 Å². The Morgan fingerprint density at radius 1 is 0.750 bits per heavy atom. The average molecular weight is 262 g/mol. The van der Waals surface area contributed by atoms with Crippen molar-refractivity contribution < 1.29 is 0 Å². The molecule has 0 radical (unpaired) electrons. The predicted molar refractivity (Wildman–Crippen MR) is 77.8 cm³/mol. The molecule has 0 fully saturated rings. The molecule has 0 aromatic carbocycles. The van der Waals surface area contributed by atoms with Crippen LogP contribution in [0.2, 0.25) is 0 Å². The van der Waals surface area contributed by atoms with Crippen LogP contribution >= 0.6 is 24.4 Å². The van der Waals surface area contributed by atoms with Gasteiger partial charge >= 0.3 is 0 Å². The van der Waals surface area contributed by atoms with Crippen molar-refractivity contribution in [2.75, 3.05) is 27.2 Å². The quantitative estimate of drug-likeness (QED) is 0.401. The van der Waals surface area contributed by atoms with Gasteiger partial charge in [-0.15, -0.1) is 0 Å². The van der Waals surface area contributed by atoms with Crippen molar-refractivity contribution in [3.8, 4) is 0 Å². The van der Waals surface area contributed by atoms with Crippen molar-refractivity contribution in [2.45, 2.75) is 25.7 Å². The van der Waals surface area contributed by atoms with Crippen LogP contribution in [0.5, 0.6) is 0 Å². The van der Waals surface area contributed by atoms with Gasteiger partial charge in [-0.25, -0.2) is 0 Å². The molecule has 4 nitrogen and oxygen atoms in total. The van der Waals surface area contributed by atoms with Gasteiger partial charge in [-0.05, 0) is 37.3 Å². The lowest BCUT2D eigenvalue weighted by Gasteiger charge is -2.07. The molecule has 0 atom stereocenters. The number of nitrogens with one attached hydrogen (secondary N) is 4. The van der Waals surface area contributed by atoms with Crippen LogP contribution < -0.4 is 21.3 Å². The second-order valence-electron chi connectivity index (χ2n) is 3.43. The first-order chi connectivity index (χ1) is 7.70. The van der Waals surface area contributed by atoms with Gasteiger partial charge in [0.25, 0.3) is 0 Å². The fourth-order valence-corrected chi connectivity index (χ4v) is 1.39. The lowest BCUT2D eigenvalue weighted by molar-refractivity contribution is 0.622. The Hall–Kier alpha value is -0.620. The van der Waals surface area contributed by atoms with Gasteiger partial charge in [-0.1, -0.05) is 12.8 Å². The van der Waals surface area contributed by atoms with E-state index >= 15 is 0 Å². The molecular weight excluding hydrogens is 240 g/mol. The maximum absolute atomic E-state index is 4.96. The summed E-state index contributed by atoms with van der Waals surface area (Å²) < 4.78 is 0. The zero-order chi connectivity index (χ0) is 12.2. The lowest BCUT2D eigenvalue weighted by Crippen LogP contribution is -2.33. The molecule has 0 saturated heterocycles. The van der Waals surface area contributed by atoms with E-state index in [0.717, 1.165) is 36.2 Å². The maximum atomic E-state index is 4.96. The Balaban J connectivity index is 3.10. The highest BCUT2D eigenvalue weighted by atomic mass is 32.1. The van der Waals surface area contributed by atoms with Crippen molar-refractivity contribution >= 4 is 34.7 Å². The fourth-order valence-electron chi connectivity index (χ4n) is 1.18. The monoisotopic (exact) mass is 262 g/mol. The summed E-state index contributed by atoms with van der Waals surface area (Å²) in [5.41, 5.74) is 0. The highest BCUT2D eigenvalue weighted by Gasteiger charge is 1.93. The number of thiocarbonyl (C=S) groups is 2. The van der Waals surface area contributed by atoms with Crippen molar-refractivity contribution in [1.82, 2.24) is 21.3 Å². The fraction of sp³-hybridized carbons (Fsp3) is 0.800. The van der Waals surface area contributed by atoms with E-state index in [1.165, 1.54) is 12.8 Å². The van der Waals surface area contributed by atoms with Crippen LogP contribution in [0, 0.1) is 0 Å². The van der Waals surface area contributed by atoms with Gasteiger partial charge in [0.1, 0.15) is 0 Å². The van der Waals surface area contributed by atoms with Gasteiger partial charge in [-0.3, -0.25) is 0 Å². The molecule has 0 heterocycles. The first-order valence-electron chi connectivity index (χ1n) is 5.62. The molecule has 0 aromatic rings. The van der Waals surface area contributed by atoms with E-state index in [0.29, 0.717) is 0 Å². The second-order valence-corrected chi connectivity index (χ2v) is 4.24. The maximum Gasteiger partial charge on any atom is 0.166 e. The van der Waals surface area contributed by atoms with Gasteiger partial charge in [0.2, 0.25) is 0 Å². The van der Waals surface area contributed by atoms with Crippen molar-refractivity contribution in [1.29, 1.82) is 0 Å². The Bertz CT molecular complexity index is 187. The molecule has 0 aliphatic heterocycles. The van der Waals surface area contributed by atoms with Crippen molar-refractivity contribution in [3.05, 3.63) is 0 Å². The molecule has 94 valence electrons. The Kier molecular flexibility index (Phi) is 10.5. The van der Waals surface area contributed by atoms with Crippen LogP contribution in [-0.2, 0) is 0 Å². The molecule has 0 unspecified atom stereocenters. The first-order valence-corrected chi connectivity index (χ1v) is 6.43. The lowest BCUT2D eigenvalue weighted by atomic mass is 10.2. The molecule has 0 bridgehead atoms. The van der Waals surface area contributed by atoms with E-state index in [-0.39, 0.29) is 0 Å². The van der Waals surface area contributed by atoms with E-state index in [1.54, 1.807) is 0 Å². The van der Waals surface area contributed by atoms with Gasteiger partial charge in [0.05, 0.1) is 0 Å². The Labute approximate surface area is 109 Å². The average Bonchev–Trinajstić information content (AvgIpc) is 2.31. The van der Waals surface area contributed by atoms with E-state index in [4.69, 9.17) is 24.4 Å². The van der Waals surface area contributed by atoms with Crippen LogP contribution in [0.3, 0.4) is 0 Å². The smallest absolute Gasteiger partial charge is 0.166 e. The van der Waals surface area contributed by atoms with Crippen molar-refractivity contribution in [2.24, 2.45) is 0 Å². The zero-order valence-electron chi connectivity index (χ0n) is 10.1. The predicted octanol–water partition coefficient (Wildman–Crippen LogP) is 0.735. The summed E-state index contributed by atoms with van der Waals surface area (Å²) >= 11 is 9.93. The molecule has 0 rings (SSSR count). The minimum Gasteiger partial charge on any atom is -0.366 e. The third kappa shape index (κ3) is 9.92. The summed E-state index contributed by atoms with van der Waals surface area (Å²) in [4.78, 5) is 0. The molecule has 0 aliphatic carbocycles. The standard InChI is InChI=1S/C10H22N4S2/c1-11-9(15)13-7-5-3-4-6-8-14-10(16)12-2/h3-8H2,1-2H3,(H2,11,13,15)(H2,12,14,16). The molecule has 0 saturated carbocycles. The second kappa shape index (κ2) is 10.9. The number of hydrogen-bond donors (Lipinski definition) is 4. The first kappa shape index (κ1) is 15.4. The van der Waals surface area contributed by atoms with E-state index in [1.807, 2.05) is 14.1 Å². The minimum absolute atomic E-state index is 0.723. The molecule has 0 spiro atoms. The number of hydrogen-bond acceptors (Lipinski definition) is 2. The molecule has 4 N–H and O–H groups in total. The normalized spacial score (nSPS) is 9.38. The van der Waals surface area contributed by atoms with Gasteiger partial charge in [0.15, 0.2) is 10.2 Å². The van der Waals surface area contributed by atoms with Crippen LogP contribution in [0.15, 0.2) is 0 Å². The van der Waals surface area contributed by atoms with E-state index in [2.05, 4.69) is 21.3 Å². The van der Waals surface area contributed by atoms with Crippen LogP contribution in [0.1, 0.15) is 25.7 Å². The Morgan fingerprint density at radius 2 is 1.12 bits per heavy atom. The highest BCUT2D eigenvalue weighted by molar-refractivity contribution is 7.80. The van der Waals surface area contributed by atoms with E-state index in [9.17, 15) is 0 Å². The van der Waals surface area contributed by atoms with Crippen LogP contribution in [0.25, 0.3) is 0 Å². The highest BCUT2D eigenvalue weighted by Crippen LogP contribution is 1.97. The van der Waals surface area contributed by atoms with Crippen molar-refractivity contribution in [3.63, 3.8) is 0 Å². The summed E-state index contributed by atoms with van der Waals surface area (Å²) in [6.07, 6.45) is 4.73. The SMILES string of the molecule is CNC(=S)NCCCCCCNC(=S)NC. The molecule has 0 aliphatic rings. The number of unbranched alkanes of at least 4 members (excludes halogenated alkanes) is 3. The summed E-state index contributed by atoms with van der Waals surface area (Å²) in [7, 11) is 3.65. The summed E-state index contributed by atoms with van der Waals surface area (Å²) in [5.74, 6) is 0. The van der Waals surface area contributed by atoms with Crippen LogP contribution in [0.4, 0.5) is 0 Å². The third-order valence-electron chi connectivity index (χ3n) is 2.13. The largest absolute Gasteiger partial charge is 0.366 e. The third-order valence-corrected chi connectivity index (χ3v) is 2.83. The number of rotatable bonds is 7. The summed E-state index contributed by atoms with van der Waals surface area (Å²) in [6.45, 7) is 1.89. The topological polar surface area (TPSA) is 48.1 Å². The molecule has 0 aromatic heterocycles. The van der Waals surface area contributed by atoms with Crippen LogP contribution in [-0.4, -0.2) is 37.4 Å². The molecule has 0 amide bonds.